The molecule has 0 N–H and O–H groups in total. The van der Waals surface area contributed by atoms with Gasteiger partial charge in [0, 0.05) is 17.1 Å². The Balaban J connectivity index is 1.83. The summed E-state index contributed by atoms with van der Waals surface area (Å²) in [5.74, 6) is -0.316. The van der Waals surface area contributed by atoms with Gasteiger partial charge in [0.25, 0.3) is 0 Å². The second kappa shape index (κ2) is 8.59. The second-order valence-corrected chi connectivity index (χ2v) is 7.14. The third kappa shape index (κ3) is 3.97. The molecule has 0 saturated heterocycles. The monoisotopic (exact) mass is 389 g/mol. The molecule has 7 heteroatoms. The number of benzene rings is 4. The van der Waals surface area contributed by atoms with E-state index in [-0.39, 0.29) is 33.1 Å². The van der Waals surface area contributed by atoms with Gasteiger partial charge in [-0.15, -0.1) is 16.4 Å². The van der Waals surface area contributed by atoms with Crippen LogP contribution in [0.3, 0.4) is 0 Å². The van der Waals surface area contributed by atoms with Crippen molar-refractivity contribution >= 4 is 83.6 Å². The highest BCUT2D eigenvalue weighted by Crippen LogP contribution is 2.35. The zero-order valence-electron chi connectivity index (χ0n) is 16.7. The Morgan fingerprint density at radius 1 is 0.516 bits per heavy atom. The van der Waals surface area contributed by atoms with Gasteiger partial charge in [-0.1, -0.05) is 47.3 Å². The molecule has 136 valence electrons. The molecule has 0 atom stereocenters. The molecule has 4 rings (SSSR count). The van der Waals surface area contributed by atoms with Crippen molar-refractivity contribution in [3.8, 4) is 11.1 Å². The van der Waals surface area contributed by atoms with Gasteiger partial charge in [-0.05, 0) is 53.6 Å². The number of para-hydroxylation sites is 1. The van der Waals surface area contributed by atoms with E-state index in [1.54, 1.807) is 6.07 Å². The molecule has 0 unspecified atom stereocenters. The Kier molecular flexibility index (Phi) is 5.87. The van der Waals surface area contributed by atoms with Crippen molar-refractivity contribution in [3.05, 3.63) is 84.7 Å². The summed E-state index contributed by atoms with van der Waals surface area (Å²) in [6.45, 7) is 0. The van der Waals surface area contributed by atoms with Crippen LogP contribution in [0.4, 0.5) is 21.5 Å². The molecule has 31 heavy (non-hydrogen) atoms. The van der Waals surface area contributed by atoms with E-state index in [0.29, 0.717) is 11.3 Å². The Hall–Kier alpha value is -3.07. The summed E-state index contributed by atoms with van der Waals surface area (Å²) in [5, 5.41) is 0. The smallest absolute Gasteiger partial charge is 0.125 e. The van der Waals surface area contributed by atoms with Crippen LogP contribution < -0.4 is 32.2 Å². The van der Waals surface area contributed by atoms with Crippen LogP contribution in [-0.2, 0) is 0 Å². The summed E-state index contributed by atoms with van der Waals surface area (Å²) in [6.07, 6.45) is 0. The summed E-state index contributed by atoms with van der Waals surface area (Å²) in [4.78, 5) is 1.95. The molecule has 0 spiro atoms. The molecule has 0 saturated carbocycles. The van der Waals surface area contributed by atoms with Crippen LogP contribution in [0.5, 0.6) is 0 Å². The lowest BCUT2D eigenvalue weighted by Crippen LogP contribution is -2.55. The average molecular weight is 388 g/mol. The molecule has 0 aromatic heterocycles. The van der Waals surface area contributed by atoms with E-state index >= 15 is 0 Å². The van der Waals surface area contributed by atoms with Crippen LogP contribution >= 0.6 is 0 Å². The molecular formula is C24H13B5FN. The maximum atomic E-state index is 14.0. The molecule has 4 aromatic carbocycles. The van der Waals surface area contributed by atoms with Gasteiger partial charge in [-0.2, -0.15) is 0 Å². The van der Waals surface area contributed by atoms with E-state index in [1.807, 2.05) is 65.6 Å². The third-order valence-electron chi connectivity index (χ3n) is 5.19. The molecule has 0 bridgehead atoms. The summed E-state index contributed by atoms with van der Waals surface area (Å²) in [7, 11) is 30.3. The van der Waals surface area contributed by atoms with Crippen molar-refractivity contribution in [3.63, 3.8) is 0 Å². The van der Waals surface area contributed by atoms with E-state index in [2.05, 4.69) is 0 Å². The Labute approximate surface area is 188 Å². The zero-order valence-corrected chi connectivity index (χ0v) is 16.7. The lowest BCUT2D eigenvalue weighted by molar-refractivity contribution is 0.628. The number of halogens is 1. The highest BCUT2D eigenvalue weighted by atomic mass is 19.1. The molecular weight excluding hydrogens is 375 g/mol. The van der Waals surface area contributed by atoms with Crippen molar-refractivity contribution in [1.82, 2.24) is 0 Å². The minimum atomic E-state index is -0.316. The maximum absolute atomic E-state index is 14.0. The molecule has 10 radical (unpaired) electrons. The van der Waals surface area contributed by atoms with Crippen LogP contribution in [-0.4, -0.2) is 39.2 Å². The topological polar surface area (TPSA) is 3.24 Å². The first-order valence-electron chi connectivity index (χ1n) is 9.61. The quantitative estimate of drug-likeness (QED) is 0.471. The second-order valence-electron chi connectivity index (χ2n) is 7.14. The van der Waals surface area contributed by atoms with Crippen LogP contribution in [0.2, 0.25) is 0 Å². The Bertz CT molecular complexity index is 1210. The molecule has 0 amide bonds. The van der Waals surface area contributed by atoms with Gasteiger partial charge in [0.2, 0.25) is 0 Å². The minimum absolute atomic E-state index is 0.178. The van der Waals surface area contributed by atoms with Gasteiger partial charge in [0.1, 0.15) is 45.0 Å². The first kappa shape index (κ1) is 21.2. The van der Waals surface area contributed by atoms with Crippen molar-refractivity contribution in [1.29, 1.82) is 0 Å². The lowest BCUT2D eigenvalue weighted by Gasteiger charge is -2.26. The standard InChI is InChI=1S/C24H13B5FN/c25-20-19(21(26)23(28)24(29)22(20)27)14-9-11-17(12-10-14)31(16-6-2-1-3-7-16)18-8-4-5-15(30)13-18/h1-13H. The molecule has 0 fully saturated rings. The van der Waals surface area contributed by atoms with Crippen molar-refractivity contribution < 1.29 is 4.39 Å². The summed E-state index contributed by atoms with van der Waals surface area (Å²) >= 11 is 0. The number of rotatable bonds is 4. The van der Waals surface area contributed by atoms with Gasteiger partial charge in [0.05, 0.1) is 0 Å². The number of hydrogen-bond donors (Lipinski definition) is 0. The zero-order chi connectivity index (χ0) is 22.1. The van der Waals surface area contributed by atoms with Crippen molar-refractivity contribution in [2.24, 2.45) is 0 Å². The summed E-state index contributed by atoms with van der Waals surface area (Å²) in [6, 6.07) is 23.6. The van der Waals surface area contributed by atoms with Gasteiger partial charge in [-0.25, -0.2) is 4.39 Å². The van der Waals surface area contributed by atoms with E-state index in [9.17, 15) is 4.39 Å². The first-order valence-corrected chi connectivity index (χ1v) is 9.61. The molecule has 1 nitrogen and oxygen atoms in total. The van der Waals surface area contributed by atoms with Gasteiger partial charge in [-0.3, -0.25) is 0 Å². The van der Waals surface area contributed by atoms with E-state index in [1.165, 1.54) is 12.1 Å². The molecule has 0 heterocycles. The molecule has 4 aromatic rings. The highest BCUT2D eigenvalue weighted by molar-refractivity contribution is 6.68. The fourth-order valence-corrected chi connectivity index (χ4v) is 3.58. The summed E-state index contributed by atoms with van der Waals surface area (Å²) in [5.41, 5.74) is 4.83. The van der Waals surface area contributed by atoms with Crippen LogP contribution in [0.15, 0.2) is 78.9 Å². The highest BCUT2D eigenvalue weighted by Gasteiger charge is 2.15. The molecule has 0 aliphatic heterocycles. The molecule has 0 aliphatic carbocycles. The van der Waals surface area contributed by atoms with Crippen molar-refractivity contribution in [2.75, 3.05) is 4.90 Å². The number of anilines is 3. The Morgan fingerprint density at radius 2 is 1.03 bits per heavy atom. The largest absolute Gasteiger partial charge is 0.310 e. The van der Waals surface area contributed by atoms with E-state index < -0.39 is 0 Å². The van der Waals surface area contributed by atoms with E-state index in [0.717, 1.165) is 16.9 Å². The fraction of sp³-hybridized carbons (Fsp3) is 0. The van der Waals surface area contributed by atoms with Crippen LogP contribution in [0.25, 0.3) is 11.1 Å². The Morgan fingerprint density at radius 3 is 1.61 bits per heavy atom. The van der Waals surface area contributed by atoms with Crippen LogP contribution in [0.1, 0.15) is 0 Å². The maximum Gasteiger partial charge on any atom is 0.125 e. The summed E-state index contributed by atoms with van der Waals surface area (Å²) < 4.78 is 14.0. The van der Waals surface area contributed by atoms with Crippen molar-refractivity contribution in [2.45, 2.75) is 0 Å². The molecule has 0 aliphatic rings. The minimum Gasteiger partial charge on any atom is -0.310 e. The van der Waals surface area contributed by atoms with E-state index in [4.69, 9.17) is 39.2 Å². The normalized spacial score (nSPS) is 10.7. The van der Waals surface area contributed by atoms with Gasteiger partial charge >= 0.3 is 0 Å². The predicted octanol–water partition coefficient (Wildman–Crippen LogP) is 0.932. The number of nitrogens with zero attached hydrogens (tertiary/aromatic N) is 1. The van der Waals surface area contributed by atoms with Gasteiger partial charge < -0.3 is 4.90 Å². The third-order valence-corrected chi connectivity index (χ3v) is 5.19. The first-order chi connectivity index (χ1) is 14.9. The number of hydrogen-bond acceptors (Lipinski definition) is 1. The lowest BCUT2D eigenvalue weighted by atomic mass is 9.60. The predicted molar refractivity (Wildman–Crippen MR) is 133 cm³/mol. The van der Waals surface area contributed by atoms with Gasteiger partial charge in [0.15, 0.2) is 0 Å². The fourth-order valence-electron chi connectivity index (χ4n) is 3.58. The average Bonchev–Trinajstić information content (AvgIpc) is 2.78. The van der Waals surface area contributed by atoms with Crippen LogP contribution in [0, 0.1) is 5.82 Å². The SMILES string of the molecule is [B]c1c([B])c([B])c(-c2ccc(N(c3ccccc3)c3cccc(F)c3)cc2)c([B])c1[B].